The van der Waals surface area contributed by atoms with Crippen LogP contribution in [0.15, 0.2) is 0 Å². The SMILES string of the molecule is CNc1nc(C2CCCCC2)nc(OCCOC)c1[N+](=O)[O-]. The quantitative estimate of drug-likeness (QED) is 0.469. The van der Waals surface area contributed by atoms with Crippen LogP contribution in [0.2, 0.25) is 0 Å². The Balaban J connectivity index is 2.34. The first-order chi connectivity index (χ1) is 10.7. The van der Waals surface area contributed by atoms with E-state index in [1.165, 1.54) is 6.42 Å². The van der Waals surface area contributed by atoms with Gasteiger partial charge in [-0.05, 0) is 12.8 Å². The van der Waals surface area contributed by atoms with Crippen molar-refractivity contribution in [2.75, 3.05) is 32.7 Å². The zero-order valence-electron chi connectivity index (χ0n) is 13.0. The van der Waals surface area contributed by atoms with E-state index in [-0.39, 0.29) is 29.9 Å². The second-order valence-electron chi connectivity index (χ2n) is 5.27. The molecule has 1 N–H and O–H groups in total. The van der Waals surface area contributed by atoms with Crippen molar-refractivity contribution >= 4 is 11.5 Å². The number of ether oxygens (including phenoxy) is 2. The van der Waals surface area contributed by atoms with E-state index in [9.17, 15) is 10.1 Å². The molecule has 2 rings (SSSR count). The fraction of sp³-hybridized carbons (Fsp3) is 0.714. The normalized spacial score (nSPS) is 15.5. The number of nitrogens with zero attached hydrogens (tertiary/aromatic N) is 3. The molecule has 122 valence electrons. The third-order valence-corrected chi connectivity index (χ3v) is 3.79. The molecule has 1 aliphatic carbocycles. The van der Waals surface area contributed by atoms with Gasteiger partial charge in [-0.15, -0.1) is 0 Å². The standard InChI is InChI=1S/C14H22N4O4/c1-15-13-11(18(19)20)14(22-9-8-21-2)17-12(16-13)10-6-4-3-5-7-10/h10H,3-9H2,1-2H3,(H,15,16,17). The predicted molar refractivity (Wildman–Crippen MR) is 81.4 cm³/mol. The molecular formula is C14H22N4O4. The molecule has 8 nitrogen and oxygen atoms in total. The molecule has 1 fully saturated rings. The lowest BCUT2D eigenvalue weighted by molar-refractivity contribution is -0.385. The average Bonchev–Trinajstić information content (AvgIpc) is 2.54. The first kappa shape index (κ1) is 16.4. The van der Waals surface area contributed by atoms with Gasteiger partial charge in [0.25, 0.3) is 5.88 Å². The van der Waals surface area contributed by atoms with Gasteiger partial charge in [0, 0.05) is 20.1 Å². The van der Waals surface area contributed by atoms with Crippen LogP contribution >= 0.6 is 0 Å². The molecule has 22 heavy (non-hydrogen) atoms. The Morgan fingerprint density at radius 1 is 1.27 bits per heavy atom. The van der Waals surface area contributed by atoms with Crippen LogP contribution in [0.5, 0.6) is 5.88 Å². The molecule has 0 amide bonds. The van der Waals surface area contributed by atoms with Gasteiger partial charge in [0.1, 0.15) is 12.4 Å². The van der Waals surface area contributed by atoms with Crippen molar-refractivity contribution in [1.29, 1.82) is 0 Å². The van der Waals surface area contributed by atoms with Crippen LogP contribution in [0.3, 0.4) is 0 Å². The fourth-order valence-corrected chi connectivity index (χ4v) is 2.66. The Bertz CT molecular complexity index is 518. The zero-order chi connectivity index (χ0) is 15.9. The van der Waals surface area contributed by atoms with Crippen molar-refractivity contribution < 1.29 is 14.4 Å². The van der Waals surface area contributed by atoms with Crippen LogP contribution < -0.4 is 10.1 Å². The minimum atomic E-state index is -0.515. The summed E-state index contributed by atoms with van der Waals surface area (Å²) in [6, 6.07) is 0. The summed E-state index contributed by atoms with van der Waals surface area (Å²) >= 11 is 0. The number of methoxy groups -OCH3 is 1. The first-order valence-corrected chi connectivity index (χ1v) is 7.53. The van der Waals surface area contributed by atoms with E-state index >= 15 is 0 Å². The van der Waals surface area contributed by atoms with Crippen LogP contribution in [0.25, 0.3) is 0 Å². The van der Waals surface area contributed by atoms with E-state index in [1.54, 1.807) is 14.2 Å². The van der Waals surface area contributed by atoms with Crippen molar-refractivity contribution in [3.8, 4) is 5.88 Å². The molecule has 1 aliphatic rings. The third-order valence-electron chi connectivity index (χ3n) is 3.79. The molecule has 0 bridgehead atoms. The molecule has 8 heteroatoms. The number of hydrogen-bond donors (Lipinski definition) is 1. The highest BCUT2D eigenvalue weighted by molar-refractivity contribution is 5.61. The van der Waals surface area contributed by atoms with E-state index in [2.05, 4.69) is 15.3 Å². The number of nitrogens with one attached hydrogen (secondary N) is 1. The maximum atomic E-state index is 11.3. The molecule has 0 unspecified atom stereocenters. The summed E-state index contributed by atoms with van der Waals surface area (Å²) in [6.45, 7) is 0.552. The van der Waals surface area contributed by atoms with Crippen molar-refractivity contribution in [2.45, 2.75) is 38.0 Å². The third kappa shape index (κ3) is 3.82. The van der Waals surface area contributed by atoms with Gasteiger partial charge in [-0.25, -0.2) is 4.98 Å². The van der Waals surface area contributed by atoms with Crippen molar-refractivity contribution in [2.24, 2.45) is 0 Å². The maximum absolute atomic E-state index is 11.3. The van der Waals surface area contributed by atoms with E-state index in [4.69, 9.17) is 9.47 Å². The highest BCUT2D eigenvalue weighted by Gasteiger charge is 2.28. The molecule has 0 atom stereocenters. The van der Waals surface area contributed by atoms with Crippen molar-refractivity contribution in [3.63, 3.8) is 0 Å². The second-order valence-corrected chi connectivity index (χ2v) is 5.27. The van der Waals surface area contributed by atoms with Crippen molar-refractivity contribution in [1.82, 2.24) is 9.97 Å². The number of rotatable bonds is 7. The van der Waals surface area contributed by atoms with Gasteiger partial charge < -0.3 is 14.8 Å². The summed E-state index contributed by atoms with van der Waals surface area (Å²) in [5.41, 5.74) is -0.224. The Labute approximate surface area is 129 Å². The van der Waals surface area contributed by atoms with E-state index < -0.39 is 4.92 Å². The summed E-state index contributed by atoms with van der Waals surface area (Å²) < 4.78 is 10.4. The monoisotopic (exact) mass is 310 g/mol. The smallest absolute Gasteiger partial charge is 0.372 e. The molecule has 1 heterocycles. The van der Waals surface area contributed by atoms with Crippen LogP contribution in [0, 0.1) is 10.1 Å². The molecule has 0 radical (unpaired) electrons. The average molecular weight is 310 g/mol. The summed E-state index contributed by atoms with van der Waals surface area (Å²) in [5.74, 6) is 1.09. The highest BCUT2D eigenvalue weighted by Crippen LogP contribution is 2.37. The second kappa shape index (κ2) is 7.88. The Morgan fingerprint density at radius 2 is 2.00 bits per heavy atom. The predicted octanol–water partition coefficient (Wildman–Crippen LogP) is 2.50. The number of hydrogen-bond acceptors (Lipinski definition) is 7. The summed E-state index contributed by atoms with van der Waals surface area (Å²) in [7, 11) is 3.16. The topological polar surface area (TPSA) is 99.4 Å². The Morgan fingerprint density at radius 3 is 2.59 bits per heavy atom. The minimum absolute atomic E-state index is 0.0157. The maximum Gasteiger partial charge on any atom is 0.372 e. The molecule has 1 aromatic heterocycles. The van der Waals surface area contributed by atoms with Crippen molar-refractivity contribution in [3.05, 3.63) is 15.9 Å². The molecule has 0 aliphatic heterocycles. The highest BCUT2D eigenvalue weighted by atomic mass is 16.6. The van der Waals surface area contributed by atoms with Gasteiger partial charge in [0.2, 0.25) is 5.82 Å². The summed E-state index contributed by atoms with van der Waals surface area (Å²) in [6.07, 6.45) is 5.52. The molecule has 0 saturated heterocycles. The van der Waals surface area contributed by atoms with Crippen LogP contribution in [0.1, 0.15) is 43.8 Å². The van der Waals surface area contributed by atoms with Gasteiger partial charge in [0.15, 0.2) is 0 Å². The van der Waals surface area contributed by atoms with Gasteiger partial charge in [-0.2, -0.15) is 4.98 Å². The van der Waals surface area contributed by atoms with Crippen LogP contribution in [-0.4, -0.2) is 42.3 Å². The Hall–Kier alpha value is -1.96. The number of nitro groups is 1. The molecular weight excluding hydrogens is 288 g/mol. The molecule has 1 saturated carbocycles. The molecule has 0 aromatic carbocycles. The lowest BCUT2D eigenvalue weighted by atomic mass is 9.88. The zero-order valence-corrected chi connectivity index (χ0v) is 13.0. The van der Waals surface area contributed by atoms with E-state index in [0.717, 1.165) is 25.7 Å². The number of anilines is 1. The molecule has 0 spiro atoms. The summed E-state index contributed by atoms with van der Waals surface area (Å²) in [5, 5.41) is 14.1. The number of aromatic nitrogens is 2. The van der Waals surface area contributed by atoms with Crippen LogP contribution in [0.4, 0.5) is 11.5 Å². The first-order valence-electron chi connectivity index (χ1n) is 7.53. The minimum Gasteiger partial charge on any atom is -0.470 e. The molecule has 1 aromatic rings. The van der Waals surface area contributed by atoms with Gasteiger partial charge >= 0.3 is 5.69 Å². The van der Waals surface area contributed by atoms with E-state index in [1.807, 2.05) is 0 Å². The van der Waals surface area contributed by atoms with E-state index in [0.29, 0.717) is 12.4 Å². The Kier molecular flexibility index (Phi) is 5.88. The fourth-order valence-electron chi connectivity index (χ4n) is 2.66. The van der Waals surface area contributed by atoms with Gasteiger partial charge in [-0.3, -0.25) is 10.1 Å². The van der Waals surface area contributed by atoms with Crippen LogP contribution in [-0.2, 0) is 4.74 Å². The van der Waals surface area contributed by atoms with Gasteiger partial charge in [-0.1, -0.05) is 19.3 Å². The summed E-state index contributed by atoms with van der Waals surface area (Å²) in [4.78, 5) is 19.5. The lowest BCUT2D eigenvalue weighted by Crippen LogP contribution is -2.15. The van der Waals surface area contributed by atoms with Gasteiger partial charge in [0.05, 0.1) is 11.5 Å². The lowest BCUT2D eigenvalue weighted by Gasteiger charge is -2.21. The largest absolute Gasteiger partial charge is 0.470 e.